The Balaban J connectivity index is 4.68. The van der Waals surface area contributed by atoms with Gasteiger partial charge in [0.1, 0.15) is 0 Å². The van der Waals surface area contributed by atoms with Crippen LogP contribution in [0.25, 0.3) is 0 Å². The van der Waals surface area contributed by atoms with Crippen molar-refractivity contribution in [3.05, 3.63) is 0 Å². The van der Waals surface area contributed by atoms with E-state index in [0.29, 0.717) is 0 Å². The van der Waals surface area contributed by atoms with Crippen LogP contribution in [0.4, 0.5) is 0 Å². The minimum atomic E-state index is -4.81. The molecule has 0 aliphatic rings. The molecule has 62 valence electrons. The van der Waals surface area contributed by atoms with Crippen LogP contribution in [0.2, 0.25) is 0 Å². The summed E-state index contributed by atoms with van der Waals surface area (Å²) in [6.07, 6.45) is 0. The lowest BCUT2D eigenvalue weighted by atomic mass is 10.4. The topological polar surface area (TPSA) is 115 Å². The van der Waals surface area contributed by atoms with Crippen molar-refractivity contribution in [1.82, 2.24) is 0 Å². The van der Waals surface area contributed by atoms with E-state index in [4.69, 9.17) is 19.9 Å². The fraction of sp³-hybridized carbons (Fsp3) is 1.00. The van der Waals surface area contributed by atoms with E-state index < -0.39 is 28.3 Å². The summed E-state index contributed by atoms with van der Waals surface area (Å²) in [4.78, 5) is -2.84. The van der Waals surface area contributed by atoms with Gasteiger partial charge in [-0.1, -0.05) is 0 Å². The largest absolute Gasteiger partial charge is 0.392 e. The summed E-state index contributed by atoms with van der Waals surface area (Å²) in [7, 11) is -4.81. The summed E-state index contributed by atoms with van der Waals surface area (Å²) in [5, 5.41) is 25.0. The van der Waals surface area contributed by atoms with E-state index in [9.17, 15) is 8.42 Å². The average molecular weight is 172 g/mol. The fourth-order valence-corrected chi connectivity index (χ4v) is 0.539. The predicted molar refractivity (Wildman–Crippen MR) is 30.7 cm³/mol. The molecule has 4 N–H and O–H groups in total. The number of aliphatic hydroxyl groups is 3. The third-order valence-corrected chi connectivity index (χ3v) is 2.19. The van der Waals surface area contributed by atoms with Crippen LogP contribution in [0.5, 0.6) is 0 Å². The highest BCUT2D eigenvalue weighted by molar-refractivity contribution is 7.87. The number of aliphatic hydroxyl groups excluding tert-OH is 2. The molecule has 6 nitrogen and oxygen atoms in total. The van der Waals surface area contributed by atoms with Crippen LogP contribution in [-0.2, 0) is 10.1 Å². The third kappa shape index (κ3) is 1.64. The molecule has 7 heteroatoms. The molecular weight excluding hydrogens is 164 g/mol. The average Bonchev–Trinajstić information content (AvgIpc) is 1.84. The molecule has 0 saturated carbocycles. The van der Waals surface area contributed by atoms with Crippen molar-refractivity contribution in [2.45, 2.75) is 4.93 Å². The van der Waals surface area contributed by atoms with Crippen molar-refractivity contribution in [3.8, 4) is 0 Å². The lowest BCUT2D eigenvalue weighted by Gasteiger charge is -2.18. The third-order valence-electron chi connectivity index (χ3n) is 0.974. The van der Waals surface area contributed by atoms with Crippen LogP contribution in [0.1, 0.15) is 0 Å². The Bertz CT molecular complexity index is 189. The molecule has 0 aromatic carbocycles. The molecule has 0 amide bonds. The van der Waals surface area contributed by atoms with Gasteiger partial charge in [0.15, 0.2) is 0 Å². The SMILES string of the molecule is O=S(=O)(O)C(O)(CO)CO. The van der Waals surface area contributed by atoms with Gasteiger partial charge in [-0.3, -0.25) is 4.55 Å². The maximum absolute atomic E-state index is 10.1. The second-order valence-electron chi connectivity index (χ2n) is 1.74. The summed E-state index contributed by atoms with van der Waals surface area (Å²) in [6.45, 7) is -2.50. The Kier molecular flexibility index (Phi) is 2.75. The summed E-state index contributed by atoms with van der Waals surface area (Å²) < 4.78 is 28.3. The fourth-order valence-electron chi connectivity index (χ4n) is 0.213. The van der Waals surface area contributed by atoms with Gasteiger partial charge in [0.2, 0.25) is 4.93 Å². The van der Waals surface area contributed by atoms with Crippen molar-refractivity contribution in [2.75, 3.05) is 13.2 Å². The Labute approximate surface area is 57.5 Å². The van der Waals surface area contributed by atoms with Crippen molar-refractivity contribution in [2.24, 2.45) is 0 Å². The molecule has 0 spiro atoms. The molecule has 0 radical (unpaired) electrons. The first-order valence-electron chi connectivity index (χ1n) is 2.28. The predicted octanol–water partition coefficient (Wildman–Crippen LogP) is -2.45. The standard InChI is InChI=1S/C3H8O6S/c4-1-3(6,2-5)10(7,8)9/h4-6H,1-2H2,(H,7,8,9). The Hall–Kier alpha value is -0.210. The smallest absolute Gasteiger partial charge is 0.299 e. The van der Waals surface area contributed by atoms with E-state index in [1.54, 1.807) is 0 Å². The zero-order chi connectivity index (χ0) is 8.41. The molecule has 0 aliphatic carbocycles. The van der Waals surface area contributed by atoms with Gasteiger partial charge >= 0.3 is 0 Å². The lowest BCUT2D eigenvalue weighted by molar-refractivity contribution is 0.00323. The Morgan fingerprint density at radius 3 is 1.50 bits per heavy atom. The first-order valence-corrected chi connectivity index (χ1v) is 3.72. The second-order valence-corrected chi connectivity index (χ2v) is 3.45. The molecular formula is C3H8O6S. The van der Waals surface area contributed by atoms with Gasteiger partial charge in [0.25, 0.3) is 10.1 Å². The van der Waals surface area contributed by atoms with Gasteiger partial charge < -0.3 is 15.3 Å². The Morgan fingerprint density at radius 1 is 1.20 bits per heavy atom. The van der Waals surface area contributed by atoms with Gasteiger partial charge in [-0.2, -0.15) is 8.42 Å². The molecule has 0 heterocycles. The molecule has 0 rings (SSSR count). The van der Waals surface area contributed by atoms with E-state index in [-0.39, 0.29) is 0 Å². The summed E-state index contributed by atoms with van der Waals surface area (Å²) in [5.41, 5.74) is 0. The zero-order valence-corrected chi connectivity index (χ0v) is 5.74. The zero-order valence-electron chi connectivity index (χ0n) is 4.93. The second kappa shape index (κ2) is 2.81. The van der Waals surface area contributed by atoms with E-state index in [0.717, 1.165) is 0 Å². The van der Waals surface area contributed by atoms with Crippen LogP contribution >= 0.6 is 0 Å². The molecule has 0 saturated heterocycles. The molecule has 0 fully saturated rings. The number of hydrogen-bond donors (Lipinski definition) is 4. The highest BCUT2D eigenvalue weighted by Crippen LogP contribution is 2.09. The summed E-state index contributed by atoms with van der Waals surface area (Å²) in [6, 6.07) is 0. The number of hydrogen-bond acceptors (Lipinski definition) is 5. The van der Waals surface area contributed by atoms with Gasteiger partial charge in [-0.25, -0.2) is 0 Å². The monoisotopic (exact) mass is 172 g/mol. The maximum Gasteiger partial charge on any atom is 0.299 e. The molecule has 0 bridgehead atoms. The van der Waals surface area contributed by atoms with Gasteiger partial charge in [-0.05, 0) is 0 Å². The first-order chi connectivity index (χ1) is 4.37. The molecule has 0 aromatic rings. The van der Waals surface area contributed by atoms with E-state index >= 15 is 0 Å². The Morgan fingerprint density at radius 2 is 1.50 bits per heavy atom. The van der Waals surface area contributed by atoms with E-state index in [1.165, 1.54) is 0 Å². The number of rotatable bonds is 3. The van der Waals surface area contributed by atoms with Crippen LogP contribution in [-0.4, -0.2) is 46.4 Å². The maximum atomic E-state index is 10.1. The van der Waals surface area contributed by atoms with Crippen LogP contribution in [0.3, 0.4) is 0 Å². The normalized spacial score (nSPS) is 13.6. The molecule has 0 aromatic heterocycles. The summed E-state index contributed by atoms with van der Waals surface area (Å²) in [5.74, 6) is 0. The van der Waals surface area contributed by atoms with Gasteiger partial charge in [0.05, 0.1) is 13.2 Å². The minimum absolute atomic E-state index is 1.25. The van der Waals surface area contributed by atoms with Crippen molar-refractivity contribution in [1.29, 1.82) is 0 Å². The molecule has 0 aliphatic heterocycles. The molecule has 0 atom stereocenters. The molecule has 0 unspecified atom stereocenters. The van der Waals surface area contributed by atoms with Crippen molar-refractivity contribution >= 4 is 10.1 Å². The minimum Gasteiger partial charge on any atom is -0.392 e. The van der Waals surface area contributed by atoms with E-state index in [1.807, 2.05) is 0 Å². The van der Waals surface area contributed by atoms with Gasteiger partial charge in [-0.15, -0.1) is 0 Å². The van der Waals surface area contributed by atoms with Crippen LogP contribution in [0.15, 0.2) is 0 Å². The lowest BCUT2D eigenvalue weighted by Crippen LogP contribution is -2.45. The quantitative estimate of drug-likeness (QED) is 0.351. The van der Waals surface area contributed by atoms with Crippen LogP contribution < -0.4 is 0 Å². The van der Waals surface area contributed by atoms with Gasteiger partial charge in [0, 0.05) is 0 Å². The highest BCUT2D eigenvalue weighted by Gasteiger charge is 2.39. The van der Waals surface area contributed by atoms with Crippen molar-refractivity contribution in [3.63, 3.8) is 0 Å². The summed E-state index contributed by atoms with van der Waals surface area (Å²) >= 11 is 0. The highest BCUT2D eigenvalue weighted by atomic mass is 32.2. The van der Waals surface area contributed by atoms with E-state index in [2.05, 4.69) is 0 Å². The van der Waals surface area contributed by atoms with Crippen molar-refractivity contribution < 1.29 is 28.3 Å². The molecule has 10 heavy (non-hydrogen) atoms. The first kappa shape index (κ1) is 9.79. The van der Waals surface area contributed by atoms with Crippen LogP contribution in [0, 0.1) is 0 Å².